The summed E-state index contributed by atoms with van der Waals surface area (Å²) in [5, 5.41) is 4.07. The van der Waals surface area contributed by atoms with Crippen molar-refractivity contribution in [2.75, 3.05) is 20.3 Å². The molecular weight excluding hydrogens is 258 g/mol. The normalized spacial score (nSPS) is 11.7. The van der Waals surface area contributed by atoms with E-state index in [1.807, 2.05) is 7.05 Å². The lowest BCUT2D eigenvalue weighted by Gasteiger charge is -2.03. The van der Waals surface area contributed by atoms with E-state index in [9.17, 15) is 8.78 Å². The zero-order chi connectivity index (χ0) is 13.5. The largest absolute Gasteiger partial charge is 0.375 e. The molecule has 0 aliphatic rings. The van der Waals surface area contributed by atoms with Crippen LogP contribution in [0.2, 0.25) is 0 Å². The predicted molar refractivity (Wildman–Crippen MR) is 69.5 cm³/mol. The number of nitrogens with zero attached hydrogens (tertiary/aromatic N) is 1. The number of nitrogens with one attached hydrogen (secondary N) is 1. The van der Waals surface area contributed by atoms with Gasteiger partial charge in [0, 0.05) is 17.8 Å². The average molecular weight is 278 g/mol. The van der Waals surface area contributed by atoms with Crippen LogP contribution in [-0.4, -0.2) is 31.7 Å². The number of hydrogen-bond donors (Lipinski definition) is 1. The first-order chi connectivity index (χ1) is 8.54. The van der Waals surface area contributed by atoms with Gasteiger partial charge in [-0.1, -0.05) is 13.8 Å². The number of aromatic nitrogens is 1. The van der Waals surface area contributed by atoms with Gasteiger partial charge in [-0.3, -0.25) is 0 Å². The Balaban J connectivity index is 2.53. The van der Waals surface area contributed by atoms with Crippen molar-refractivity contribution in [2.24, 2.45) is 0 Å². The van der Waals surface area contributed by atoms with Gasteiger partial charge in [0.05, 0.1) is 17.3 Å². The van der Waals surface area contributed by atoms with Gasteiger partial charge in [-0.25, -0.2) is 13.8 Å². The van der Waals surface area contributed by atoms with Crippen molar-refractivity contribution in [3.63, 3.8) is 0 Å². The standard InChI is InChI=1S/C12H20F2N2OS/c1-8(2)12-9(6-15-3)18-11(16-12)4-5-17-7-10(13)14/h8,10,15H,4-7H2,1-3H3. The van der Waals surface area contributed by atoms with Crippen molar-refractivity contribution >= 4 is 11.3 Å². The summed E-state index contributed by atoms with van der Waals surface area (Å²) in [5.41, 5.74) is 1.10. The molecule has 0 unspecified atom stereocenters. The van der Waals surface area contributed by atoms with Crippen LogP contribution in [0.3, 0.4) is 0 Å². The molecule has 104 valence electrons. The quantitative estimate of drug-likeness (QED) is 0.743. The fourth-order valence-corrected chi connectivity index (χ4v) is 2.81. The number of hydrogen-bond acceptors (Lipinski definition) is 4. The molecule has 0 aromatic carbocycles. The monoisotopic (exact) mass is 278 g/mol. The van der Waals surface area contributed by atoms with Gasteiger partial charge in [0.25, 0.3) is 6.43 Å². The maximum absolute atomic E-state index is 11.9. The minimum Gasteiger partial charge on any atom is -0.375 e. The van der Waals surface area contributed by atoms with Gasteiger partial charge in [-0.05, 0) is 13.0 Å². The molecule has 18 heavy (non-hydrogen) atoms. The van der Waals surface area contributed by atoms with E-state index in [1.165, 1.54) is 4.88 Å². The zero-order valence-corrected chi connectivity index (χ0v) is 11.8. The molecule has 0 saturated heterocycles. The third-order valence-electron chi connectivity index (χ3n) is 2.36. The number of ether oxygens (including phenoxy) is 1. The molecule has 0 amide bonds. The SMILES string of the molecule is CNCc1sc(CCOCC(F)F)nc1C(C)C. The molecule has 1 heterocycles. The van der Waals surface area contributed by atoms with E-state index in [2.05, 4.69) is 24.1 Å². The van der Waals surface area contributed by atoms with Crippen LogP contribution in [-0.2, 0) is 17.7 Å². The van der Waals surface area contributed by atoms with Gasteiger partial charge in [0.2, 0.25) is 0 Å². The predicted octanol–water partition coefficient (Wildman–Crippen LogP) is 2.81. The van der Waals surface area contributed by atoms with E-state index in [0.29, 0.717) is 18.9 Å². The Labute approximate surface area is 111 Å². The first-order valence-corrected chi connectivity index (χ1v) is 6.85. The molecule has 1 aromatic heterocycles. The summed E-state index contributed by atoms with van der Waals surface area (Å²) in [7, 11) is 1.90. The summed E-state index contributed by atoms with van der Waals surface area (Å²) >= 11 is 1.63. The lowest BCUT2D eigenvalue weighted by atomic mass is 10.1. The Bertz CT molecular complexity index is 356. The smallest absolute Gasteiger partial charge is 0.261 e. The Hall–Kier alpha value is -0.590. The lowest BCUT2D eigenvalue weighted by Crippen LogP contribution is -2.07. The van der Waals surface area contributed by atoms with Gasteiger partial charge in [0.1, 0.15) is 6.61 Å². The fraction of sp³-hybridized carbons (Fsp3) is 0.750. The maximum Gasteiger partial charge on any atom is 0.261 e. The minimum absolute atomic E-state index is 0.300. The summed E-state index contributed by atoms with van der Waals surface area (Å²) < 4.78 is 28.6. The summed E-state index contributed by atoms with van der Waals surface area (Å²) in [4.78, 5) is 5.77. The highest BCUT2D eigenvalue weighted by molar-refractivity contribution is 7.11. The maximum atomic E-state index is 11.9. The molecule has 1 N–H and O–H groups in total. The molecule has 1 rings (SSSR count). The molecule has 0 fully saturated rings. The topological polar surface area (TPSA) is 34.1 Å². The Morgan fingerprint density at radius 2 is 2.11 bits per heavy atom. The molecular formula is C12H20F2N2OS. The molecule has 3 nitrogen and oxygen atoms in total. The van der Waals surface area contributed by atoms with Crippen molar-refractivity contribution in [2.45, 2.75) is 39.2 Å². The van der Waals surface area contributed by atoms with Crippen molar-refractivity contribution in [3.8, 4) is 0 Å². The summed E-state index contributed by atoms with van der Waals surface area (Å²) in [6.07, 6.45) is -1.80. The molecule has 1 aromatic rings. The van der Waals surface area contributed by atoms with E-state index in [1.54, 1.807) is 11.3 Å². The van der Waals surface area contributed by atoms with Crippen LogP contribution in [0, 0.1) is 0 Å². The van der Waals surface area contributed by atoms with Gasteiger partial charge in [-0.2, -0.15) is 0 Å². The van der Waals surface area contributed by atoms with Crippen LogP contribution < -0.4 is 5.32 Å². The second-order valence-electron chi connectivity index (χ2n) is 4.32. The van der Waals surface area contributed by atoms with Crippen LogP contribution in [0.15, 0.2) is 0 Å². The first kappa shape index (κ1) is 15.5. The second-order valence-corrected chi connectivity index (χ2v) is 5.49. The van der Waals surface area contributed by atoms with Crippen molar-refractivity contribution < 1.29 is 13.5 Å². The van der Waals surface area contributed by atoms with Crippen LogP contribution in [0.5, 0.6) is 0 Å². The van der Waals surface area contributed by atoms with Gasteiger partial charge in [-0.15, -0.1) is 11.3 Å². The fourth-order valence-electron chi connectivity index (χ4n) is 1.59. The lowest BCUT2D eigenvalue weighted by molar-refractivity contribution is 0.0187. The van der Waals surface area contributed by atoms with Crippen molar-refractivity contribution in [3.05, 3.63) is 15.6 Å². The second kappa shape index (κ2) is 7.76. The molecule has 0 bridgehead atoms. The van der Waals surface area contributed by atoms with Crippen molar-refractivity contribution in [1.82, 2.24) is 10.3 Å². The summed E-state index contributed by atoms with van der Waals surface area (Å²) in [6, 6.07) is 0. The third kappa shape index (κ3) is 4.96. The van der Waals surface area contributed by atoms with Gasteiger partial charge in [0.15, 0.2) is 0 Å². The number of alkyl halides is 2. The van der Waals surface area contributed by atoms with Crippen LogP contribution in [0.4, 0.5) is 8.78 Å². The molecule has 0 saturated carbocycles. The van der Waals surface area contributed by atoms with Crippen LogP contribution >= 0.6 is 11.3 Å². The van der Waals surface area contributed by atoms with Crippen molar-refractivity contribution in [1.29, 1.82) is 0 Å². The van der Waals surface area contributed by atoms with E-state index >= 15 is 0 Å². The highest BCUT2D eigenvalue weighted by Gasteiger charge is 2.13. The van der Waals surface area contributed by atoms with Gasteiger partial charge < -0.3 is 10.1 Å². The van der Waals surface area contributed by atoms with E-state index < -0.39 is 13.0 Å². The zero-order valence-electron chi connectivity index (χ0n) is 11.0. The Morgan fingerprint density at radius 3 is 2.67 bits per heavy atom. The van der Waals surface area contributed by atoms with Crippen LogP contribution in [0.25, 0.3) is 0 Å². The van der Waals surface area contributed by atoms with Gasteiger partial charge >= 0.3 is 0 Å². The summed E-state index contributed by atoms with van der Waals surface area (Å²) in [6.45, 7) is 4.81. The number of halogens is 2. The molecule has 0 radical (unpaired) electrons. The molecule has 0 atom stereocenters. The molecule has 0 aliphatic heterocycles. The van der Waals surface area contributed by atoms with Crippen LogP contribution in [0.1, 0.15) is 35.3 Å². The molecule has 0 spiro atoms. The average Bonchev–Trinajstić information content (AvgIpc) is 2.68. The Kier molecular flexibility index (Phi) is 6.67. The highest BCUT2D eigenvalue weighted by Crippen LogP contribution is 2.25. The number of rotatable bonds is 8. The Morgan fingerprint density at radius 1 is 1.39 bits per heavy atom. The first-order valence-electron chi connectivity index (χ1n) is 6.03. The summed E-state index contributed by atoms with van der Waals surface area (Å²) in [5.74, 6) is 0.375. The van der Waals surface area contributed by atoms with E-state index in [0.717, 1.165) is 17.2 Å². The van der Waals surface area contributed by atoms with E-state index in [-0.39, 0.29) is 0 Å². The third-order valence-corrected chi connectivity index (χ3v) is 3.49. The van der Waals surface area contributed by atoms with E-state index in [4.69, 9.17) is 4.74 Å². The highest BCUT2D eigenvalue weighted by atomic mass is 32.1. The number of thiazole rings is 1. The molecule has 6 heteroatoms. The molecule has 0 aliphatic carbocycles. The minimum atomic E-state index is -2.40.